The maximum absolute atomic E-state index is 12.2. The first-order valence-corrected chi connectivity index (χ1v) is 6.88. The van der Waals surface area contributed by atoms with Crippen molar-refractivity contribution in [3.8, 4) is 11.5 Å². The van der Waals surface area contributed by atoms with E-state index in [0.717, 1.165) is 11.5 Å². The number of amides is 1. The van der Waals surface area contributed by atoms with Crippen LogP contribution in [0.4, 0.5) is 0 Å². The molecule has 3 unspecified atom stereocenters. The average molecular weight is 278 g/mol. The third-order valence-corrected chi connectivity index (χ3v) is 3.60. The zero-order valence-electron chi connectivity index (χ0n) is 12.2. The highest BCUT2D eigenvalue weighted by atomic mass is 16.6. The summed E-state index contributed by atoms with van der Waals surface area (Å²) in [5, 5.41) is 0. The van der Waals surface area contributed by atoms with E-state index in [9.17, 15) is 4.79 Å². The van der Waals surface area contributed by atoms with Crippen molar-refractivity contribution in [2.75, 3.05) is 20.2 Å². The number of likely N-dealkylation sites (N-methyl/N-ethyl adjacent to an activating group) is 1. The maximum atomic E-state index is 12.2. The molecule has 1 amide bonds. The van der Waals surface area contributed by atoms with Crippen LogP contribution in [0.1, 0.15) is 13.8 Å². The van der Waals surface area contributed by atoms with Crippen molar-refractivity contribution in [3.63, 3.8) is 0 Å². The highest BCUT2D eigenvalue weighted by Gasteiger charge is 2.26. The van der Waals surface area contributed by atoms with Crippen LogP contribution in [0.2, 0.25) is 0 Å². The SMILES string of the molecule is CC(N)C(C)C(=O)N(C)CC1COc2ccccc2O1. The van der Waals surface area contributed by atoms with E-state index in [-0.39, 0.29) is 24.0 Å². The van der Waals surface area contributed by atoms with Crippen LogP contribution in [0.5, 0.6) is 11.5 Å². The lowest BCUT2D eigenvalue weighted by atomic mass is 10.0. The predicted octanol–water partition coefficient (Wildman–Crippen LogP) is 1.27. The number of carbonyl (C=O) groups excluding carboxylic acids is 1. The Balaban J connectivity index is 1.93. The summed E-state index contributed by atoms with van der Waals surface area (Å²) >= 11 is 0. The fraction of sp³-hybridized carbons (Fsp3) is 0.533. The molecule has 0 aromatic heterocycles. The number of para-hydroxylation sites is 2. The average Bonchev–Trinajstić information content (AvgIpc) is 2.45. The lowest BCUT2D eigenvalue weighted by molar-refractivity contribution is -0.135. The number of ether oxygens (including phenoxy) is 2. The normalized spacial score (nSPS) is 20.1. The van der Waals surface area contributed by atoms with Crippen molar-refractivity contribution in [2.45, 2.75) is 26.0 Å². The van der Waals surface area contributed by atoms with E-state index in [1.54, 1.807) is 11.9 Å². The first-order valence-electron chi connectivity index (χ1n) is 6.88. The lowest BCUT2D eigenvalue weighted by Crippen LogP contribution is -2.46. The van der Waals surface area contributed by atoms with Crippen LogP contribution in [-0.2, 0) is 4.79 Å². The molecule has 2 rings (SSSR count). The van der Waals surface area contributed by atoms with Crippen molar-refractivity contribution in [2.24, 2.45) is 11.7 Å². The first-order chi connectivity index (χ1) is 9.49. The molecule has 5 nitrogen and oxygen atoms in total. The van der Waals surface area contributed by atoms with E-state index in [1.807, 2.05) is 38.1 Å². The predicted molar refractivity (Wildman–Crippen MR) is 76.8 cm³/mol. The summed E-state index contributed by atoms with van der Waals surface area (Å²) < 4.78 is 11.5. The monoisotopic (exact) mass is 278 g/mol. The number of hydrogen-bond donors (Lipinski definition) is 1. The lowest BCUT2D eigenvalue weighted by Gasteiger charge is -2.31. The standard InChI is InChI=1S/C15H22N2O3/c1-10(11(2)16)15(18)17(3)8-12-9-19-13-6-4-5-7-14(13)20-12/h4-7,10-12H,8-9,16H2,1-3H3. The van der Waals surface area contributed by atoms with Gasteiger partial charge in [0.05, 0.1) is 12.5 Å². The third kappa shape index (κ3) is 3.22. The molecule has 1 aromatic carbocycles. The summed E-state index contributed by atoms with van der Waals surface area (Å²) in [6.45, 7) is 4.62. The molecule has 0 bridgehead atoms. The van der Waals surface area contributed by atoms with Crippen LogP contribution in [0.3, 0.4) is 0 Å². The molecule has 0 saturated heterocycles. The molecule has 110 valence electrons. The van der Waals surface area contributed by atoms with E-state index < -0.39 is 0 Å². The number of fused-ring (bicyclic) bond motifs is 1. The van der Waals surface area contributed by atoms with Crippen molar-refractivity contribution >= 4 is 5.91 Å². The zero-order chi connectivity index (χ0) is 14.7. The molecule has 0 radical (unpaired) electrons. The second-order valence-corrected chi connectivity index (χ2v) is 5.36. The largest absolute Gasteiger partial charge is 0.486 e. The molecule has 1 aromatic rings. The van der Waals surface area contributed by atoms with Gasteiger partial charge in [-0.05, 0) is 19.1 Å². The van der Waals surface area contributed by atoms with E-state index in [4.69, 9.17) is 15.2 Å². The maximum Gasteiger partial charge on any atom is 0.226 e. The smallest absolute Gasteiger partial charge is 0.226 e. The van der Waals surface area contributed by atoms with Gasteiger partial charge in [0, 0.05) is 13.1 Å². The fourth-order valence-electron chi connectivity index (χ4n) is 2.12. The minimum atomic E-state index is -0.197. The molecule has 1 aliphatic heterocycles. The van der Waals surface area contributed by atoms with Gasteiger partial charge in [0.15, 0.2) is 17.6 Å². The molecular weight excluding hydrogens is 256 g/mol. The Labute approximate surface area is 119 Å². The highest BCUT2D eigenvalue weighted by molar-refractivity contribution is 5.78. The van der Waals surface area contributed by atoms with Crippen LogP contribution in [0.25, 0.3) is 0 Å². The summed E-state index contributed by atoms with van der Waals surface area (Å²) in [5.41, 5.74) is 5.77. The molecule has 1 heterocycles. The Morgan fingerprint density at radius 1 is 1.40 bits per heavy atom. The fourth-order valence-corrected chi connectivity index (χ4v) is 2.12. The Morgan fingerprint density at radius 2 is 2.05 bits per heavy atom. The van der Waals surface area contributed by atoms with E-state index in [2.05, 4.69) is 0 Å². The van der Waals surface area contributed by atoms with Gasteiger partial charge < -0.3 is 20.1 Å². The van der Waals surface area contributed by atoms with Gasteiger partial charge in [0.2, 0.25) is 5.91 Å². The number of benzene rings is 1. The highest BCUT2D eigenvalue weighted by Crippen LogP contribution is 2.30. The second-order valence-electron chi connectivity index (χ2n) is 5.36. The topological polar surface area (TPSA) is 64.8 Å². The molecular formula is C15H22N2O3. The number of nitrogens with two attached hydrogens (primary N) is 1. The Bertz CT molecular complexity index is 476. The van der Waals surface area contributed by atoms with Crippen LogP contribution in [-0.4, -0.2) is 43.2 Å². The molecule has 0 spiro atoms. The second kappa shape index (κ2) is 6.13. The quantitative estimate of drug-likeness (QED) is 0.900. The minimum Gasteiger partial charge on any atom is -0.486 e. The van der Waals surface area contributed by atoms with Crippen LogP contribution in [0.15, 0.2) is 24.3 Å². The van der Waals surface area contributed by atoms with Crippen molar-refractivity contribution in [1.82, 2.24) is 4.90 Å². The molecule has 1 aliphatic rings. The third-order valence-electron chi connectivity index (χ3n) is 3.60. The van der Waals surface area contributed by atoms with Crippen molar-refractivity contribution in [3.05, 3.63) is 24.3 Å². The van der Waals surface area contributed by atoms with E-state index in [0.29, 0.717) is 13.2 Å². The zero-order valence-corrected chi connectivity index (χ0v) is 12.2. The summed E-state index contributed by atoms with van der Waals surface area (Å²) in [5.74, 6) is 1.31. The summed E-state index contributed by atoms with van der Waals surface area (Å²) in [6, 6.07) is 7.39. The van der Waals surface area contributed by atoms with Gasteiger partial charge in [-0.1, -0.05) is 19.1 Å². The van der Waals surface area contributed by atoms with Crippen LogP contribution >= 0.6 is 0 Å². The minimum absolute atomic E-state index is 0.0301. The molecule has 0 fully saturated rings. The van der Waals surface area contributed by atoms with Crippen LogP contribution in [0, 0.1) is 5.92 Å². The first kappa shape index (κ1) is 14.7. The molecule has 2 N–H and O–H groups in total. The number of hydrogen-bond acceptors (Lipinski definition) is 4. The number of nitrogens with zero attached hydrogens (tertiary/aromatic N) is 1. The van der Waals surface area contributed by atoms with Gasteiger partial charge in [-0.3, -0.25) is 4.79 Å². The van der Waals surface area contributed by atoms with E-state index >= 15 is 0 Å². The molecule has 5 heteroatoms. The van der Waals surface area contributed by atoms with Crippen LogP contribution < -0.4 is 15.2 Å². The molecule has 0 aliphatic carbocycles. The van der Waals surface area contributed by atoms with Gasteiger partial charge in [-0.15, -0.1) is 0 Å². The van der Waals surface area contributed by atoms with Gasteiger partial charge in [-0.2, -0.15) is 0 Å². The summed E-state index contributed by atoms with van der Waals surface area (Å²) in [6.07, 6.45) is -0.154. The number of rotatable bonds is 4. The molecule has 20 heavy (non-hydrogen) atoms. The molecule has 3 atom stereocenters. The van der Waals surface area contributed by atoms with Crippen molar-refractivity contribution in [1.29, 1.82) is 0 Å². The Morgan fingerprint density at radius 3 is 2.70 bits per heavy atom. The summed E-state index contributed by atoms with van der Waals surface area (Å²) in [4.78, 5) is 13.8. The van der Waals surface area contributed by atoms with E-state index in [1.165, 1.54) is 0 Å². The van der Waals surface area contributed by atoms with Gasteiger partial charge in [-0.25, -0.2) is 0 Å². The van der Waals surface area contributed by atoms with Gasteiger partial charge in [0.25, 0.3) is 0 Å². The Kier molecular flexibility index (Phi) is 4.49. The molecule has 0 saturated carbocycles. The summed E-state index contributed by atoms with van der Waals surface area (Å²) in [7, 11) is 1.77. The van der Waals surface area contributed by atoms with Gasteiger partial charge in [0.1, 0.15) is 6.61 Å². The Hall–Kier alpha value is -1.75. The number of carbonyl (C=O) groups is 1. The van der Waals surface area contributed by atoms with Gasteiger partial charge >= 0.3 is 0 Å². The van der Waals surface area contributed by atoms with Crippen molar-refractivity contribution < 1.29 is 14.3 Å².